The van der Waals surface area contributed by atoms with Crippen LogP contribution >= 0.6 is 11.3 Å². The van der Waals surface area contributed by atoms with Crippen LogP contribution in [0.2, 0.25) is 0 Å². The van der Waals surface area contributed by atoms with Crippen molar-refractivity contribution in [3.8, 4) is 16.3 Å². The average molecular weight is 353 g/mol. The summed E-state index contributed by atoms with van der Waals surface area (Å²) in [5.41, 5.74) is 2.26. The van der Waals surface area contributed by atoms with E-state index in [1.165, 1.54) is 0 Å². The van der Waals surface area contributed by atoms with Crippen LogP contribution < -0.4 is 5.32 Å². The maximum Gasteiger partial charge on any atom is 0.255 e. The van der Waals surface area contributed by atoms with Crippen molar-refractivity contribution in [3.05, 3.63) is 59.6 Å². The number of rotatable bonds is 5. The lowest BCUT2D eigenvalue weighted by Gasteiger charge is -2.09. The van der Waals surface area contributed by atoms with E-state index in [-0.39, 0.29) is 5.91 Å². The van der Waals surface area contributed by atoms with Gasteiger partial charge in [-0.3, -0.25) is 4.79 Å². The summed E-state index contributed by atoms with van der Waals surface area (Å²) in [5, 5.41) is 9.70. The van der Waals surface area contributed by atoms with Crippen LogP contribution in [0, 0.1) is 5.92 Å². The second-order valence-corrected chi connectivity index (χ2v) is 7.04. The second-order valence-electron chi connectivity index (χ2n) is 6.09. The van der Waals surface area contributed by atoms with Gasteiger partial charge < -0.3 is 10.1 Å². The molecule has 128 valence electrons. The molecule has 3 aromatic rings. The van der Waals surface area contributed by atoms with E-state index < -0.39 is 0 Å². The fourth-order valence-electron chi connectivity index (χ4n) is 2.92. The third-order valence-corrected chi connectivity index (χ3v) is 5.19. The van der Waals surface area contributed by atoms with Gasteiger partial charge in [-0.1, -0.05) is 24.3 Å². The van der Waals surface area contributed by atoms with Crippen LogP contribution in [0.1, 0.15) is 16.8 Å². The summed E-state index contributed by atoms with van der Waals surface area (Å²) in [6.07, 6.45) is 2.81. The highest BCUT2D eigenvalue weighted by atomic mass is 32.1. The third-order valence-electron chi connectivity index (χ3n) is 4.31. The largest absolute Gasteiger partial charge is 0.381 e. The van der Waals surface area contributed by atoms with Crippen molar-refractivity contribution >= 4 is 17.2 Å². The molecule has 0 saturated carbocycles. The van der Waals surface area contributed by atoms with E-state index in [2.05, 4.69) is 10.4 Å². The van der Waals surface area contributed by atoms with Gasteiger partial charge in [0.2, 0.25) is 0 Å². The first-order valence-electron chi connectivity index (χ1n) is 8.36. The summed E-state index contributed by atoms with van der Waals surface area (Å²) >= 11 is 1.58. The molecule has 25 heavy (non-hydrogen) atoms. The molecule has 1 amide bonds. The Labute approximate surface area is 150 Å². The molecule has 1 fully saturated rings. The monoisotopic (exact) mass is 353 g/mol. The first kappa shape index (κ1) is 16.1. The molecule has 1 N–H and O–H groups in total. The molecule has 4 rings (SSSR count). The summed E-state index contributed by atoms with van der Waals surface area (Å²) in [4.78, 5) is 13.8. The minimum Gasteiger partial charge on any atom is -0.381 e. The molecule has 2 aromatic heterocycles. The van der Waals surface area contributed by atoms with E-state index in [0.717, 1.165) is 35.9 Å². The van der Waals surface area contributed by atoms with E-state index in [1.807, 2.05) is 54.0 Å². The van der Waals surface area contributed by atoms with Gasteiger partial charge in [0.25, 0.3) is 5.91 Å². The molecule has 5 nitrogen and oxygen atoms in total. The van der Waals surface area contributed by atoms with Crippen molar-refractivity contribution in [2.45, 2.75) is 6.42 Å². The molecule has 1 saturated heterocycles. The van der Waals surface area contributed by atoms with Crippen LogP contribution in [-0.4, -0.2) is 35.4 Å². The first-order valence-corrected chi connectivity index (χ1v) is 9.24. The zero-order chi connectivity index (χ0) is 17.1. The predicted octanol–water partition coefficient (Wildman–Crippen LogP) is 3.37. The van der Waals surface area contributed by atoms with Crippen molar-refractivity contribution in [2.75, 3.05) is 19.8 Å². The van der Waals surface area contributed by atoms with Gasteiger partial charge >= 0.3 is 0 Å². The number of nitrogens with one attached hydrogen (secondary N) is 1. The smallest absolute Gasteiger partial charge is 0.255 e. The Balaban J connectivity index is 1.62. The highest BCUT2D eigenvalue weighted by molar-refractivity contribution is 7.13. The van der Waals surface area contributed by atoms with Gasteiger partial charge in [-0.2, -0.15) is 5.10 Å². The second kappa shape index (κ2) is 7.21. The molecule has 3 heterocycles. The molecule has 1 unspecified atom stereocenters. The Morgan fingerprint density at radius 1 is 1.28 bits per heavy atom. The number of ether oxygens (including phenoxy) is 1. The predicted molar refractivity (Wildman–Crippen MR) is 98.1 cm³/mol. The summed E-state index contributed by atoms with van der Waals surface area (Å²) in [6.45, 7) is 2.15. The van der Waals surface area contributed by atoms with E-state index >= 15 is 0 Å². The standard InChI is InChI=1S/C19H19N3O2S/c23-19(20-11-14-8-9-24-13-14)16-12-22(15-5-2-1-3-6-15)21-18(16)17-7-4-10-25-17/h1-7,10,12,14H,8-9,11,13H2,(H,20,23). The van der Waals surface area contributed by atoms with Crippen LogP contribution in [0.15, 0.2) is 54.0 Å². The van der Waals surface area contributed by atoms with Crippen molar-refractivity contribution in [3.63, 3.8) is 0 Å². The van der Waals surface area contributed by atoms with E-state index in [1.54, 1.807) is 16.0 Å². The first-order chi connectivity index (χ1) is 12.3. The Bertz CT molecular complexity index is 837. The van der Waals surface area contributed by atoms with Crippen LogP contribution in [-0.2, 0) is 4.74 Å². The number of carbonyl (C=O) groups is 1. The Morgan fingerprint density at radius 3 is 2.88 bits per heavy atom. The Kier molecular flexibility index (Phi) is 4.63. The van der Waals surface area contributed by atoms with Gasteiger partial charge in [-0.25, -0.2) is 4.68 Å². The minimum absolute atomic E-state index is 0.0857. The lowest BCUT2D eigenvalue weighted by atomic mass is 10.1. The number of hydrogen-bond acceptors (Lipinski definition) is 4. The molecular weight excluding hydrogens is 334 g/mol. The molecule has 6 heteroatoms. The third kappa shape index (κ3) is 3.50. The van der Waals surface area contributed by atoms with Crippen molar-refractivity contribution < 1.29 is 9.53 Å². The number of aromatic nitrogens is 2. The number of nitrogens with zero attached hydrogens (tertiary/aromatic N) is 2. The van der Waals surface area contributed by atoms with Gasteiger partial charge in [0.05, 0.1) is 22.7 Å². The molecule has 1 atom stereocenters. The Hall–Kier alpha value is -2.44. The number of hydrogen-bond donors (Lipinski definition) is 1. The normalized spacial score (nSPS) is 16.9. The molecular formula is C19H19N3O2S. The van der Waals surface area contributed by atoms with Crippen molar-refractivity contribution in [1.82, 2.24) is 15.1 Å². The topological polar surface area (TPSA) is 56.1 Å². The summed E-state index contributed by atoms with van der Waals surface area (Å²) in [7, 11) is 0. The fourth-order valence-corrected chi connectivity index (χ4v) is 3.65. The summed E-state index contributed by atoms with van der Waals surface area (Å²) < 4.78 is 7.14. The highest BCUT2D eigenvalue weighted by Gasteiger charge is 2.21. The molecule has 0 bridgehead atoms. The lowest BCUT2D eigenvalue weighted by Crippen LogP contribution is -2.29. The lowest BCUT2D eigenvalue weighted by molar-refractivity contribution is 0.0945. The SMILES string of the molecule is O=C(NCC1CCOC1)c1cn(-c2ccccc2)nc1-c1cccs1. The number of carbonyl (C=O) groups excluding carboxylic acids is 1. The number of para-hydroxylation sites is 1. The number of amides is 1. The summed E-state index contributed by atoms with van der Waals surface area (Å²) in [5.74, 6) is 0.316. The van der Waals surface area contributed by atoms with Crippen molar-refractivity contribution in [2.24, 2.45) is 5.92 Å². The van der Waals surface area contributed by atoms with Crippen LogP contribution in [0.3, 0.4) is 0 Å². The van der Waals surface area contributed by atoms with Gasteiger partial charge in [0.1, 0.15) is 5.69 Å². The van der Waals surface area contributed by atoms with Crippen LogP contribution in [0.5, 0.6) is 0 Å². The van der Waals surface area contributed by atoms with Crippen LogP contribution in [0.4, 0.5) is 0 Å². The van der Waals surface area contributed by atoms with Gasteiger partial charge in [-0.05, 0) is 30.0 Å². The molecule has 1 aromatic carbocycles. The quantitative estimate of drug-likeness (QED) is 0.765. The summed E-state index contributed by atoms with van der Waals surface area (Å²) in [6, 6.07) is 13.8. The zero-order valence-corrected chi connectivity index (χ0v) is 14.5. The van der Waals surface area contributed by atoms with E-state index in [9.17, 15) is 4.79 Å². The Morgan fingerprint density at radius 2 is 2.16 bits per heavy atom. The van der Waals surface area contributed by atoms with Gasteiger partial charge in [0.15, 0.2) is 0 Å². The minimum atomic E-state index is -0.0857. The van der Waals surface area contributed by atoms with Crippen LogP contribution in [0.25, 0.3) is 16.3 Å². The molecule has 0 spiro atoms. The molecule has 0 radical (unpaired) electrons. The molecule has 1 aliphatic heterocycles. The molecule has 1 aliphatic rings. The highest BCUT2D eigenvalue weighted by Crippen LogP contribution is 2.27. The number of benzene rings is 1. The average Bonchev–Trinajstić information content (AvgIpc) is 3.41. The fraction of sp³-hybridized carbons (Fsp3) is 0.263. The van der Waals surface area contributed by atoms with Crippen molar-refractivity contribution in [1.29, 1.82) is 0 Å². The van der Waals surface area contributed by atoms with E-state index in [0.29, 0.717) is 18.0 Å². The maximum atomic E-state index is 12.8. The van der Waals surface area contributed by atoms with Gasteiger partial charge in [-0.15, -0.1) is 11.3 Å². The zero-order valence-electron chi connectivity index (χ0n) is 13.7. The van der Waals surface area contributed by atoms with E-state index in [4.69, 9.17) is 4.74 Å². The molecule has 0 aliphatic carbocycles. The number of thiophene rings is 1. The van der Waals surface area contributed by atoms with Gasteiger partial charge in [0, 0.05) is 25.3 Å². The maximum absolute atomic E-state index is 12.8.